The van der Waals surface area contributed by atoms with E-state index in [1.807, 2.05) is 61.7 Å². The molecule has 12 heteroatoms. The van der Waals surface area contributed by atoms with Gasteiger partial charge in [0.25, 0.3) is 5.91 Å². The molecular formula is C41H36ClN7O3S. The van der Waals surface area contributed by atoms with E-state index < -0.39 is 6.04 Å². The number of aryl methyl sites for hydroxylation is 2. The van der Waals surface area contributed by atoms with Gasteiger partial charge in [-0.15, -0.1) is 21.5 Å². The number of pyridine rings is 1. The first-order valence-corrected chi connectivity index (χ1v) is 19.0. The molecule has 0 bridgehead atoms. The minimum atomic E-state index is -0.515. The Hall–Kier alpha value is -5.44. The number of thiophene rings is 1. The standard InChI is InChI=1S/C41H36ClN7O3S/c1-24-36(53-41-38(24)39(27-10-12-28(42)13-11-27)45-22-37-47-46-25(2)49(37)41)18-15-29-14-9-26(21-44-29)6-3-4-19-43-33-8-5-7-31-32(33)23-48(40(31)52)34-17-16-30(50)20-35(34)51/h5,7-14,21,34,43H,3-4,6,16-17,19-20,22-23H2,1-2H3. The second kappa shape index (κ2) is 14.5. The zero-order valence-electron chi connectivity index (χ0n) is 29.4. The number of rotatable bonds is 8. The van der Waals surface area contributed by atoms with Gasteiger partial charge in [0.1, 0.15) is 28.8 Å². The van der Waals surface area contributed by atoms with Gasteiger partial charge in [-0.2, -0.15) is 0 Å². The SMILES string of the molecule is Cc1c(C#Cc2ccc(CCCCNc3cccc4c3CN(C3CCC(=O)CC3=O)C4=O)cn2)sc2c1C(c1ccc(Cl)cc1)=NCc1nnc(C)n1-2. The third-order valence-electron chi connectivity index (χ3n) is 10.1. The summed E-state index contributed by atoms with van der Waals surface area (Å²) in [6.45, 7) is 5.61. The van der Waals surface area contributed by atoms with Crippen LogP contribution in [0, 0.1) is 25.7 Å². The van der Waals surface area contributed by atoms with Gasteiger partial charge in [-0.1, -0.05) is 35.9 Å². The van der Waals surface area contributed by atoms with Crippen LogP contribution in [0.15, 0.2) is 65.8 Å². The van der Waals surface area contributed by atoms with E-state index in [1.54, 1.807) is 16.2 Å². The van der Waals surface area contributed by atoms with E-state index in [1.165, 1.54) is 0 Å². The van der Waals surface area contributed by atoms with Crippen molar-refractivity contribution in [3.8, 4) is 16.8 Å². The van der Waals surface area contributed by atoms with Gasteiger partial charge in [0.15, 0.2) is 11.6 Å². The van der Waals surface area contributed by atoms with E-state index in [0.29, 0.717) is 42.2 Å². The van der Waals surface area contributed by atoms with Crippen LogP contribution in [0.2, 0.25) is 5.02 Å². The number of aliphatic imine (C=N–C) groups is 1. The minimum Gasteiger partial charge on any atom is -0.385 e. The summed E-state index contributed by atoms with van der Waals surface area (Å²) in [4.78, 5) is 49.6. The van der Waals surface area contributed by atoms with E-state index >= 15 is 0 Å². The van der Waals surface area contributed by atoms with Crippen LogP contribution in [0.25, 0.3) is 5.00 Å². The van der Waals surface area contributed by atoms with Crippen LogP contribution in [0.1, 0.15) is 92.5 Å². The lowest BCUT2D eigenvalue weighted by molar-refractivity contribution is -0.133. The highest BCUT2D eigenvalue weighted by molar-refractivity contribution is 7.15. The van der Waals surface area contributed by atoms with Gasteiger partial charge >= 0.3 is 0 Å². The Morgan fingerprint density at radius 3 is 2.64 bits per heavy atom. The molecule has 0 saturated heterocycles. The molecule has 1 atom stereocenters. The van der Waals surface area contributed by atoms with Gasteiger partial charge in [-0.3, -0.25) is 23.9 Å². The van der Waals surface area contributed by atoms with Crippen LogP contribution in [0.4, 0.5) is 5.69 Å². The maximum absolute atomic E-state index is 13.2. The molecule has 3 aromatic heterocycles. The van der Waals surface area contributed by atoms with E-state index in [0.717, 1.165) is 86.6 Å². The average molecular weight is 742 g/mol. The lowest BCUT2D eigenvalue weighted by atomic mass is 9.92. The summed E-state index contributed by atoms with van der Waals surface area (Å²) >= 11 is 7.81. The molecule has 1 amide bonds. The molecule has 2 aliphatic heterocycles. The van der Waals surface area contributed by atoms with Crippen molar-refractivity contribution in [3.05, 3.63) is 121 Å². The van der Waals surface area contributed by atoms with Crippen LogP contribution in [0.3, 0.4) is 0 Å². The number of fused-ring (bicyclic) bond motifs is 4. The molecule has 1 unspecified atom stereocenters. The van der Waals surface area contributed by atoms with Crippen molar-refractivity contribution in [3.63, 3.8) is 0 Å². The molecule has 3 aliphatic rings. The number of nitrogens with one attached hydrogen (secondary N) is 1. The number of nitrogens with zero attached hydrogens (tertiary/aromatic N) is 6. The highest BCUT2D eigenvalue weighted by Crippen LogP contribution is 2.37. The number of carbonyl (C=O) groups is 3. The van der Waals surface area contributed by atoms with E-state index in [9.17, 15) is 14.4 Å². The Morgan fingerprint density at radius 2 is 1.85 bits per heavy atom. The summed E-state index contributed by atoms with van der Waals surface area (Å²) in [5.74, 6) is 7.94. The fourth-order valence-electron chi connectivity index (χ4n) is 7.30. The number of halogens is 1. The maximum atomic E-state index is 13.2. The van der Waals surface area contributed by atoms with Gasteiger partial charge < -0.3 is 10.2 Å². The first kappa shape index (κ1) is 34.6. The summed E-state index contributed by atoms with van der Waals surface area (Å²) in [5.41, 5.74) is 8.29. The van der Waals surface area contributed by atoms with Crippen LogP contribution in [-0.2, 0) is 29.1 Å². The molecule has 1 aliphatic carbocycles. The Kier molecular flexibility index (Phi) is 9.49. The Morgan fingerprint density at radius 1 is 1.00 bits per heavy atom. The Bertz CT molecular complexity index is 2370. The first-order valence-electron chi connectivity index (χ1n) is 17.8. The number of anilines is 1. The van der Waals surface area contributed by atoms with E-state index in [2.05, 4.69) is 49.9 Å². The topological polar surface area (TPSA) is 122 Å². The molecule has 0 radical (unpaired) electrons. The zero-order valence-corrected chi connectivity index (χ0v) is 31.0. The third-order valence-corrected chi connectivity index (χ3v) is 11.5. The van der Waals surface area contributed by atoms with Gasteiger partial charge in [0.2, 0.25) is 0 Å². The fourth-order valence-corrected chi connectivity index (χ4v) is 8.66. The van der Waals surface area contributed by atoms with Gasteiger partial charge in [0.05, 0.1) is 23.1 Å². The lowest BCUT2D eigenvalue weighted by Gasteiger charge is -2.29. The average Bonchev–Trinajstić information content (AvgIpc) is 3.76. The number of benzene rings is 2. The highest BCUT2D eigenvalue weighted by atomic mass is 35.5. The number of Topliss-reactive ketones (excluding diaryl/α,β-unsaturated/α-hetero) is 2. The van der Waals surface area contributed by atoms with Gasteiger partial charge in [0, 0.05) is 58.7 Å². The molecule has 1 N–H and O–H groups in total. The second-order valence-electron chi connectivity index (χ2n) is 13.6. The van der Waals surface area contributed by atoms with Gasteiger partial charge in [-0.25, -0.2) is 4.98 Å². The smallest absolute Gasteiger partial charge is 0.255 e. The highest BCUT2D eigenvalue weighted by Gasteiger charge is 2.39. The number of aromatic nitrogens is 4. The summed E-state index contributed by atoms with van der Waals surface area (Å²) in [6, 6.07) is 17.0. The van der Waals surface area contributed by atoms with Gasteiger partial charge in [-0.05, 0) is 92.8 Å². The number of carbonyl (C=O) groups excluding carboxylic acids is 3. The summed E-state index contributed by atoms with van der Waals surface area (Å²) < 4.78 is 2.08. The summed E-state index contributed by atoms with van der Waals surface area (Å²) in [5, 5.41) is 13.9. The number of amides is 1. The van der Waals surface area contributed by atoms with Crippen LogP contribution < -0.4 is 5.32 Å². The van der Waals surface area contributed by atoms with Crippen molar-refractivity contribution in [1.82, 2.24) is 24.6 Å². The van der Waals surface area contributed by atoms with Crippen molar-refractivity contribution < 1.29 is 14.4 Å². The summed E-state index contributed by atoms with van der Waals surface area (Å²) in [6.07, 6.45) is 5.36. The fraction of sp³-hybridized carbons (Fsp3) is 0.293. The molecule has 5 aromatic rings. The van der Waals surface area contributed by atoms with Crippen molar-refractivity contribution in [2.45, 2.75) is 71.5 Å². The zero-order chi connectivity index (χ0) is 36.6. The molecular weight excluding hydrogens is 706 g/mol. The number of hydrogen-bond acceptors (Lipinski definition) is 9. The Labute approximate surface area is 316 Å². The molecule has 1 saturated carbocycles. The summed E-state index contributed by atoms with van der Waals surface area (Å²) in [7, 11) is 0. The predicted molar refractivity (Wildman–Crippen MR) is 205 cm³/mol. The molecule has 5 heterocycles. The number of unbranched alkanes of at least 4 members (excludes halogenated alkanes) is 1. The normalized spacial score (nSPS) is 16.4. The Balaban J connectivity index is 0.895. The predicted octanol–water partition coefficient (Wildman–Crippen LogP) is 6.83. The number of ketones is 2. The minimum absolute atomic E-state index is 0.0415. The largest absolute Gasteiger partial charge is 0.385 e. The van der Waals surface area contributed by atoms with E-state index in [-0.39, 0.29) is 23.9 Å². The molecule has 2 aromatic carbocycles. The van der Waals surface area contributed by atoms with E-state index in [4.69, 9.17) is 16.6 Å². The molecule has 0 spiro atoms. The van der Waals surface area contributed by atoms with Crippen LogP contribution in [0.5, 0.6) is 0 Å². The second-order valence-corrected chi connectivity index (χ2v) is 15.0. The first-order chi connectivity index (χ1) is 25.7. The molecule has 10 nitrogen and oxygen atoms in total. The monoisotopic (exact) mass is 741 g/mol. The van der Waals surface area contributed by atoms with Crippen LogP contribution >= 0.6 is 22.9 Å². The quantitative estimate of drug-likeness (QED) is 0.105. The van der Waals surface area contributed by atoms with Crippen molar-refractivity contribution in [2.75, 3.05) is 11.9 Å². The molecule has 8 rings (SSSR count). The third kappa shape index (κ3) is 6.80. The molecule has 53 heavy (non-hydrogen) atoms. The van der Waals surface area contributed by atoms with Crippen molar-refractivity contribution >= 4 is 51.8 Å². The lowest BCUT2D eigenvalue weighted by Crippen LogP contribution is -2.44. The van der Waals surface area contributed by atoms with Crippen molar-refractivity contribution in [2.24, 2.45) is 4.99 Å². The molecule has 1 fully saturated rings. The van der Waals surface area contributed by atoms with Crippen molar-refractivity contribution in [1.29, 1.82) is 0 Å². The molecule has 266 valence electrons. The maximum Gasteiger partial charge on any atom is 0.255 e. The van der Waals surface area contributed by atoms with Crippen LogP contribution in [-0.4, -0.2) is 60.4 Å². The number of hydrogen-bond donors (Lipinski definition) is 1.